The maximum atomic E-state index is 5.34. The maximum absolute atomic E-state index is 5.34. The van der Waals surface area contributed by atoms with Crippen LogP contribution in [0, 0.1) is 20.8 Å². The van der Waals surface area contributed by atoms with Crippen molar-refractivity contribution in [1.82, 2.24) is 20.1 Å². The third-order valence-electron chi connectivity index (χ3n) is 3.54. The molecule has 1 atom stereocenters. The molecule has 0 amide bonds. The third-order valence-corrected chi connectivity index (χ3v) is 5.72. The molecule has 0 N–H and O–H groups in total. The molecule has 7 heteroatoms. The minimum atomic E-state index is 0.0601. The molecule has 116 valence electrons. The Labute approximate surface area is 137 Å². The second kappa shape index (κ2) is 5.96. The van der Waals surface area contributed by atoms with Crippen LogP contribution in [0.3, 0.4) is 0 Å². The predicted octanol–water partition coefficient (Wildman–Crippen LogP) is 4.42. The molecule has 0 aliphatic carbocycles. The summed E-state index contributed by atoms with van der Waals surface area (Å²) < 4.78 is 5.34. The number of thiophene rings is 1. The molecule has 22 heavy (non-hydrogen) atoms. The standard InChI is InChI=1S/C15H18N4OS2/c1-6-11-18-13(20-19-11)9(4)22-15-12-7(2)8(3)21-14(12)16-10(5)17-15/h9H,6H2,1-5H3. The predicted molar refractivity (Wildman–Crippen MR) is 89.6 cm³/mol. The summed E-state index contributed by atoms with van der Waals surface area (Å²) in [6.45, 7) is 10.3. The first-order valence-electron chi connectivity index (χ1n) is 7.23. The number of aromatic nitrogens is 4. The van der Waals surface area contributed by atoms with E-state index >= 15 is 0 Å². The zero-order valence-electron chi connectivity index (χ0n) is 13.3. The summed E-state index contributed by atoms with van der Waals surface area (Å²) in [4.78, 5) is 16.0. The van der Waals surface area contributed by atoms with Gasteiger partial charge >= 0.3 is 0 Å². The molecule has 3 aromatic rings. The number of thioether (sulfide) groups is 1. The molecule has 0 saturated carbocycles. The van der Waals surface area contributed by atoms with Crippen molar-refractivity contribution in [2.45, 2.75) is 51.3 Å². The van der Waals surface area contributed by atoms with Gasteiger partial charge in [0.25, 0.3) is 0 Å². The molecule has 0 aliphatic heterocycles. The van der Waals surface area contributed by atoms with Gasteiger partial charge in [-0.3, -0.25) is 0 Å². The fourth-order valence-corrected chi connectivity index (χ4v) is 4.42. The van der Waals surface area contributed by atoms with E-state index in [1.54, 1.807) is 23.1 Å². The molecule has 0 aromatic carbocycles. The van der Waals surface area contributed by atoms with Crippen LogP contribution in [0.25, 0.3) is 10.2 Å². The molecule has 0 fully saturated rings. The van der Waals surface area contributed by atoms with E-state index in [1.165, 1.54) is 10.4 Å². The summed E-state index contributed by atoms with van der Waals surface area (Å²) >= 11 is 3.37. The molecule has 0 radical (unpaired) electrons. The van der Waals surface area contributed by atoms with Gasteiger partial charge in [0, 0.05) is 16.7 Å². The monoisotopic (exact) mass is 334 g/mol. The van der Waals surface area contributed by atoms with Gasteiger partial charge in [0.15, 0.2) is 5.82 Å². The van der Waals surface area contributed by atoms with E-state index in [4.69, 9.17) is 4.52 Å². The van der Waals surface area contributed by atoms with Crippen LogP contribution in [-0.2, 0) is 6.42 Å². The molecule has 0 saturated heterocycles. The molecular weight excluding hydrogens is 316 g/mol. The second-order valence-corrected chi connectivity index (χ2v) is 7.73. The van der Waals surface area contributed by atoms with Crippen LogP contribution in [-0.4, -0.2) is 20.1 Å². The van der Waals surface area contributed by atoms with Gasteiger partial charge in [-0.2, -0.15) is 4.98 Å². The molecule has 5 nitrogen and oxygen atoms in total. The van der Waals surface area contributed by atoms with Crippen molar-refractivity contribution in [2.75, 3.05) is 0 Å². The van der Waals surface area contributed by atoms with Crippen LogP contribution in [0.4, 0.5) is 0 Å². The zero-order chi connectivity index (χ0) is 15.9. The summed E-state index contributed by atoms with van der Waals surface area (Å²) in [6.07, 6.45) is 0.778. The summed E-state index contributed by atoms with van der Waals surface area (Å²) in [5.74, 6) is 2.19. The molecule has 3 aromatic heterocycles. The summed E-state index contributed by atoms with van der Waals surface area (Å²) in [5, 5.41) is 6.18. The Morgan fingerprint density at radius 2 is 1.95 bits per heavy atom. The smallest absolute Gasteiger partial charge is 0.239 e. The molecule has 0 spiro atoms. The average molecular weight is 334 g/mol. The lowest BCUT2D eigenvalue weighted by Crippen LogP contribution is -1.95. The highest BCUT2D eigenvalue weighted by atomic mass is 32.2. The van der Waals surface area contributed by atoms with E-state index in [-0.39, 0.29) is 5.25 Å². The van der Waals surface area contributed by atoms with Crippen molar-refractivity contribution in [3.8, 4) is 0 Å². The van der Waals surface area contributed by atoms with Crippen LogP contribution in [0.2, 0.25) is 0 Å². The summed E-state index contributed by atoms with van der Waals surface area (Å²) in [7, 11) is 0. The number of aryl methyl sites for hydroxylation is 4. The van der Waals surface area contributed by atoms with Crippen molar-refractivity contribution in [3.05, 3.63) is 28.0 Å². The lowest BCUT2D eigenvalue weighted by molar-refractivity contribution is 0.375. The quantitative estimate of drug-likeness (QED) is 0.520. The van der Waals surface area contributed by atoms with Gasteiger partial charge < -0.3 is 4.52 Å². The lowest BCUT2D eigenvalue weighted by Gasteiger charge is -2.08. The highest BCUT2D eigenvalue weighted by Crippen LogP contribution is 2.40. The normalized spacial score (nSPS) is 13.0. The molecule has 0 aliphatic rings. The highest BCUT2D eigenvalue weighted by molar-refractivity contribution is 7.99. The molecule has 1 unspecified atom stereocenters. The molecule has 0 bridgehead atoms. The number of nitrogens with zero attached hydrogens (tertiary/aromatic N) is 4. The third kappa shape index (κ3) is 2.75. The molecular formula is C15H18N4OS2. The van der Waals surface area contributed by atoms with Crippen LogP contribution < -0.4 is 0 Å². The van der Waals surface area contributed by atoms with Crippen LogP contribution in [0.5, 0.6) is 0 Å². The van der Waals surface area contributed by atoms with Crippen molar-refractivity contribution >= 4 is 33.3 Å². The maximum Gasteiger partial charge on any atom is 0.239 e. The lowest BCUT2D eigenvalue weighted by atomic mass is 10.2. The van der Waals surface area contributed by atoms with Gasteiger partial charge in [-0.05, 0) is 33.3 Å². The Kier molecular flexibility index (Phi) is 4.18. The van der Waals surface area contributed by atoms with Gasteiger partial charge in [0.1, 0.15) is 15.7 Å². The number of fused-ring (bicyclic) bond motifs is 1. The van der Waals surface area contributed by atoms with Gasteiger partial charge in [-0.15, -0.1) is 11.3 Å². The zero-order valence-corrected chi connectivity index (χ0v) is 14.9. The first kappa shape index (κ1) is 15.4. The van der Waals surface area contributed by atoms with Crippen LogP contribution in [0.1, 0.15) is 47.1 Å². The van der Waals surface area contributed by atoms with E-state index < -0.39 is 0 Å². The second-order valence-electron chi connectivity index (χ2n) is 5.20. The topological polar surface area (TPSA) is 64.7 Å². The van der Waals surface area contributed by atoms with E-state index in [0.29, 0.717) is 5.89 Å². The largest absolute Gasteiger partial charge is 0.338 e. The summed E-state index contributed by atoms with van der Waals surface area (Å²) in [5.41, 5.74) is 1.26. The van der Waals surface area contributed by atoms with Crippen molar-refractivity contribution < 1.29 is 4.52 Å². The van der Waals surface area contributed by atoms with E-state index in [1.807, 2.05) is 13.8 Å². The SMILES string of the molecule is CCc1noc(C(C)Sc2nc(C)nc3sc(C)c(C)c23)n1. The minimum Gasteiger partial charge on any atom is -0.338 e. The average Bonchev–Trinajstić information content (AvgIpc) is 3.04. The molecule has 3 heterocycles. The minimum absolute atomic E-state index is 0.0601. The molecule has 3 rings (SSSR count). The van der Waals surface area contributed by atoms with E-state index in [9.17, 15) is 0 Å². The Balaban J connectivity index is 1.99. The number of hydrogen-bond acceptors (Lipinski definition) is 7. The number of hydrogen-bond donors (Lipinski definition) is 0. The van der Waals surface area contributed by atoms with Crippen LogP contribution in [0.15, 0.2) is 9.55 Å². The van der Waals surface area contributed by atoms with Gasteiger partial charge in [-0.25, -0.2) is 9.97 Å². The van der Waals surface area contributed by atoms with Crippen molar-refractivity contribution in [3.63, 3.8) is 0 Å². The Morgan fingerprint density at radius 1 is 1.18 bits per heavy atom. The van der Waals surface area contributed by atoms with Gasteiger partial charge in [-0.1, -0.05) is 23.8 Å². The van der Waals surface area contributed by atoms with E-state index in [2.05, 4.69) is 40.9 Å². The first-order valence-corrected chi connectivity index (χ1v) is 8.92. The van der Waals surface area contributed by atoms with Crippen molar-refractivity contribution in [1.29, 1.82) is 0 Å². The highest BCUT2D eigenvalue weighted by Gasteiger charge is 2.20. The summed E-state index contributed by atoms with van der Waals surface area (Å²) in [6, 6.07) is 0. The first-order chi connectivity index (χ1) is 10.5. The fraction of sp³-hybridized carbons (Fsp3) is 0.467. The van der Waals surface area contributed by atoms with Crippen molar-refractivity contribution in [2.24, 2.45) is 0 Å². The fourth-order valence-electron chi connectivity index (χ4n) is 2.19. The number of rotatable bonds is 4. The Hall–Kier alpha value is -1.47. The van der Waals surface area contributed by atoms with Gasteiger partial charge in [0.05, 0.1) is 5.25 Å². The Bertz CT molecular complexity index is 824. The van der Waals surface area contributed by atoms with Gasteiger partial charge in [0.2, 0.25) is 5.89 Å². The van der Waals surface area contributed by atoms with Crippen LogP contribution >= 0.6 is 23.1 Å². The van der Waals surface area contributed by atoms with E-state index in [0.717, 1.165) is 33.3 Å². The Morgan fingerprint density at radius 3 is 2.64 bits per heavy atom.